The Morgan fingerprint density at radius 2 is 2.67 bits per heavy atom. The number of rotatable bonds is 2. The molecule has 9 heavy (non-hydrogen) atoms. The minimum Gasteiger partial charge on any atom is -0.361 e. The molecule has 1 aliphatic rings. The van der Waals surface area contributed by atoms with Gasteiger partial charge in [-0.1, -0.05) is 0 Å². The fraction of sp³-hybridized carbons (Fsp3) is 0.286. The van der Waals surface area contributed by atoms with Gasteiger partial charge in [0.1, 0.15) is 0 Å². The molecular formula is C7H9NS. The highest BCUT2D eigenvalue weighted by atomic mass is 32.2. The molecule has 0 saturated carbocycles. The largest absolute Gasteiger partial charge is 0.361 e. The molecule has 0 amide bonds. The smallest absolute Gasteiger partial charge is 0.0437 e. The van der Waals surface area contributed by atoms with Crippen molar-refractivity contribution in [3.05, 3.63) is 29.8 Å². The lowest BCUT2D eigenvalue weighted by Gasteiger charge is -2.00. The molecular weight excluding hydrogens is 130 g/mol. The highest BCUT2D eigenvalue weighted by molar-refractivity contribution is 7.98. The van der Waals surface area contributed by atoms with E-state index in [4.69, 9.17) is 0 Å². The van der Waals surface area contributed by atoms with Crippen LogP contribution in [0.3, 0.4) is 0 Å². The van der Waals surface area contributed by atoms with Gasteiger partial charge in [0, 0.05) is 18.2 Å². The van der Waals surface area contributed by atoms with E-state index >= 15 is 0 Å². The van der Waals surface area contributed by atoms with Gasteiger partial charge in [0.15, 0.2) is 0 Å². The second-order valence-corrected chi connectivity index (χ2v) is 2.64. The van der Waals surface area contributed by atoms with Crippen LogP contribution in [0.15, 0.2) is 29.8 Å². The average molecular weight is 139 g/mol. The summed E-state index contributed by atoms with van der Waals surface area (Å²) in [5.74, 6) is 1.06. The zero-order valence-electron chi connectivity index (χ0n) is 5.35. The fourth-order valence-corrected chi connectivity index (χ4v) is 1.14. The molecule has 0 aliphatic carbocycles. The summed E-state index contributed by atoms with van der Waals surface area (Å²) in [4.78, 5) is 0. The molecule has 1 nitrogen and oxygen atoms in total. The second kappa shape index (κ2) is 3.44. The predicted octanol–water partition coefficient (Wildman–Crippen LogP) is 1.51. The number of hydrogen-bond acceptors (Lipinski definition) is 2. The summed E-state index contributed by atoms with van der Waals surface area (Å²) in [5.41, 5.74) is 4.27. The first-order chi connectivity index (χ1) is 4.43. The average Bonchev–Trinajstić information content (AvgIpc) is 1.91. The van der Waals surface area contributed by atoms with Gasteiger partial charge in [0.25, 0.3) is 0 Å². The zero-order valence-corrected chi connectivity index (χ0v) is 6.16. The minimum absolute atomic E-state index is 1.06. The Labute approximate surface area is 59.5 Å². The molecule has 0 radical (unpaired) electrons. The summed E-state index contributed by atoms with van der Waals surface area (Å²) in [6.07, 6.45) is 7.87. The lowest BCUT2D eigenvalue weighted by molar-refractivity contribution is 1.16. The third-order valence-electron chi connectivity index (χ3n) is 1.02. The first-order valence-corrected chi connectivity index (χ1v) is 4.18. The van der Waals surface area contributed by atoms with Crippen LogP contribution in [0.2, 0.25) is 0 Å². The standard InChI is InChI=1S/C7H9NS/c1-9-6-7-3-2-4-8-5-7/h3-5,8H,6H2,1H3. The number of nitrogens with one attached hydrogen (secondary N) is 1. The lowest BCUT2D eigenvalue weighted by atomic mass is 10.3. The molecule has 2 heteroatoms. The van der Waals surface area contributed by atoms with Crippen LogP contribution in [0.1, 0.15) is 0 Å². The summed E-state index contributed by atoms with van der Waals surface area (Å²) in [5, 5.41) is 2.98. The highest BCUT2D eigenvalue weighted by Crippen LogP contribution is 2.05. The molecule has 0 fully saturated rings. The summed E-state index contributed by atoms with van der Waals surface area (Å²) >= 11 is 1.81. The van der Waals surface area contributed by atoms with E-state index in [0.29, 0.717) is 0 Å². The topological polar surface area (TPSA) is 12.0 Å². The van der Waals surface area contributed by atoms with E-state index in [2.05, 4.69) is 17.3 Å². The van der Waals surface area contributed by atoms with Crippen LogP contribution in [0.25, 0.3) is 0 Å². The SMILES string of the molecule is CSCC1=CNC=C=C1. The van der Waals surface area contributed by atoms with E-state index in [1.165, 1.54) is 5.57 Å². The van der Waals surface area contributed by atoms with Gasteiger partial charge in [0.05, 0.1) is 0 Å². The van der Waals surface area contributed by atoms with Crippen molar-refractivity contribution in [1.29, 1.82) is 0 Å². The van der Waals surface area contributed by atoms with Gasteiger partial charge in [-0.15, -0.1) is 5.73 Å². The van der Waals surface area contributed by atoms with Crippen LogP contribution in [-0.4, -0.2) is 12.0 Å². The first kappa shape index (κ1) is 6.53. The Balaban J connectivity index is 2.50. The quantitative estimate of drug-likeness (QED) is 0.582. The molecule has 0 aromatic rings. The molecule has 0 aromatic heterocycles. The van der Waals surface area contributed by atoms with Gasteiger partial charge in [-0.3, -0.25) is 0 Å². The molecule has 1 N–H and O–H groups in total. The highest BCUT2D eigenvalue weighted by Gasteiger charge is 1.90. The van der Waals surface area contributed by atoms with Crippen molar-refractivity contribution in [2.24, 2.45) is 0 Å². The van der Waals surface area contributed by atoms with Gasteiger partial charge in [-0.2, -0.15) is 11.8 Å². The maximum atomic E-state index is 2.98. The van der Waals surface area contributed by atoms with Gasteiger partial charge in [-0.25, -0.2) is 0 Å². The summed E-state index contributed by atoms with van der Waals surface area (Å²) in [6.45, 7) is 0. The predicted molar refractivity (Wildman–Crippen MR) is 42.3 cm³/mol. The molecule has 0 spiro atoms. The number of hydrogen-bond donors (Lipinski definition) is 1. The fourth-order valence-electron chi connectivity index (χ4n) is 0.637. The maximum absolute atomic E-state index is 2.98. The lowest BCUT2D eigenvalue weighted by Crippen LogP contribution is -1.98. The van der Waals surface area contributed by atoms with Crippen LogP contribution in [0.4, 0.5) is 0 Å². The Hall–Kier alpha value is -0.590. The van der Waals surface area contributed by atoms with Gasteiger partial charge in [0.2, 0.25) is 0 Å². The van der Waals surface area contributed by atoms with Crippen molar-refractivity contribution in [1.82, 2.24) is 5.32 Å². The van der Waals surface area contributed by atoms with Crippen molar-refractivity contribution in [3.8, 4) is 0 Å². The van der Waals surface area contributed by atoms with E-state index in [1.54, 1.807) is 6.20 Å². The maximum Gasteiger partial charge on any atom is 0.0437 e. The van der Waals surface area contributed by atoms with Gasteiger partial charge < -0.3 is 5.32 Å². The third kappa shape index (κ3) is 2.00. The van der Waals surface area contributed by atoms with Crippen molar-refractivity contribution in [2.75, 3.05) is 12.0 Å². The summed E-state index contributed by atoms with van der Waals surface area (Å²) < 4.78 is 0. The van der Waals surface area contributed by atoms with E-state index in [-0.39, 0.29) is 0 Å². The van der Waals surface area contributed by atoms with Crippen LogP contribution in [0, 0.1) is 0 Å². The molecule has 48 valence electrons. The number of allylic oxidation sites excluding steroid dienone is 1. The zero-order chi connectivity index (χ0) is 6.53. The van der Waals surface area contributed by atoms with E-state index in [9.17, 15) is 0 Å². The molecule has 0 bridgehead atoms. The Kier molecular flexibility index (Phi) is 2.49. The van der Waals surface area contributed by atoms with Crippen molar-refractivity contribution < 1.29 is 0 Å². The molecule has 1 heterocycles. The normalized spacial score (nSPS) is 15.0. The Morgan fingerprint density at radius 3 is 3.22 bits per heavy atom. The monoisotopic (exact) mass is 139 g/mol. The molecule has 1 rings (SSSR count). The van der Waals surface area contributed by atoms with Crippen LogP contribution < -0.4 is 5.32 Å². The van der Waals surface area contributed by atoms with Crippen molar-refractivity contribution in [2.45, 2.75) is 0 Å². The van der Waals surface area contributed by atoms with Gasteiger partial charge >= 0.3 is 0 Å². The van der Waals surface area contributed by atoms with Crippen LogP contribution in [-0.2, 0) is 0 Å². The van der Waals surface area contributed by atoms with Crippen molar-refractivity contribution in [3.63, 3.8) is 0 Å². The van der Waals surface area contributed by atoms with Crippen LogP contribution in [0.5, 0.6) is 0 Å². The second-order valence-electron chi connectivity index (χ2n) is 1.77. The first-order valence-electron chi connectivity index (χ1n) is 2.78. The Bertz CT molecular complexity index is 175. The number of thioether (sulfide) groups is 1. The Morgan fingerprint density at radius 1 is 1.78 bits per heavy atom. The molecule has 1 aliphatic heterocycles. The summed E-state index contributed by atoms with van der Waals surface area (Å²) in [6, 6.07) is 0. The molecule has 0 saturated heterocycles. The molecule has 0 atom stereocenters. The van der Waals surface area contributed by atoms with E-state index in [1.807, 2.05) is 24.0 Å². The van der Waals surface area contributed by atoms with Crippen LogP contribution >= 0.6 is 11.8 Å². The molecule has 0 unspecified atom stereocenters. The third-order valence-corrected chi connectivity index (χ3v) is 1.64. The van der Waals surface area contributed by atoms with E-state index in [0.717, 1.165) is 5.75 Å². The van der Waals surface area contributed by atoms with E-state index < -0.39 is 0 Å². The van der Waals surface area contributed by atoms with Gasteiger partial charge in [-0.05, 0) is 17.9 Å². The molecule has 0 aromatic carbocycles. The van der Waals surface area contributed by atoms with Crippen molar-refractivity contribution >= 4 is 11.8 Å². The minimum atomic E-state index is 1.06. The summed E-state index contributed by atoms with van der Waals surface area (Å²) in [7, 11) is 0.